The number of benzene rings is 3. The summed E-state index contributed by atoms with van der Waals surface area (Å²) >= 11 is 5.91. The minimum Gasteiger partial charge on any atom is -0.454 e. The lowest BCUT2D eigenvalue weighted by Crippen LogP contribution is -2.08. The third-order valence-corrected chi connectivity index (χ3v) is 4.93. The van der Waals surface area contributed by atoms with E-state index in [1.165, 1.54) is 6.07 Å². The first-order valence-electron chi connectivity index (χ1n) is 9.02. The van der Waals surface area contributed by atoms with Crippen LogP contribution in [-0.2, 0) is 0 Å². The molecule has 4 aromatic rings. The summed E-state index contributed by atoms with van der Waals surface area (Å²) in [6.45, 7) is 0.121. The zero-order valence-electron chi connectivity index (χ0n) is 15.4. The molecular weight excluding hydrogens is 408 g/mol. The van der Waals surface area contributed by atoms with E-state index >= 15 is 0 Å². The van der Waals surface area contributed by atoms with Crippen LogP contribution in [0.5, 0.6) is 17.2 Å². The predicted octanol–water partition coefficient (Wildman–Crippen LogP) is 5.06. The Labute approximate surface area is 175 Å². The van der Waals surface area contributed by atoms with Crippen LogP contribution in [0.25, 0.3) is 22.1 Å². The monoisotopic (exact) mass is 420 g/mol. The topological polar surface area (TPSA) is 75.0 Å². The highest BCUT2D eigenvalue weighted by Gasteiger charge is 2.18. The lowest BCUT2D eigenvalue weighted by atomic mass is 10.1. The molecule has 5 rings (SSSR count). The van der Waals surface area contributed by atoms with Crippen LogP contribution in [0.4, 0.5) is 0 Å². The Morgan fingerprint density at radius 1 is 0.900 bits per heavy atom. The summed E-state index contributed by atoms with van der Waals surface area (Å²) in [5, 5.41) is 1.28. The fourth-order valence-corrected chi connectivity index (χ4v) is 3.30. The molecule has 0 N–H and O–H groups in total. The molecule has 1 aliphatic rings. The van der Waals surface area contributed by atoms with E-state index in [9.17, 15) is 9.59 Å². The molecule has 0 saturated carbocycles. The number of esters is 1. The molecular formula is C23H13ClO6. The van der Waals surface area contributed by atoms with Crippen molar-refractivity contribution in [3.63, 3.8) is 0 Å². The molecule has 0 atom stereocenters. The molecule has 0 fully saturated rings. The van der Waals surface area contributed by atoms with Gasteiger partial charge in [-0.1, -0.05) is 23.7 Å². The van der Waals surface area contributed by atoms with Crippen molar-refractivity contribution in [2.45, 2.75) is 0 Å². The van der Waals surface area contributed by atoms with E-state index in [4.69, 9.17) is 30.2 Å². The minimum atomic E-state index is -0.562. The number of fused-ring (bicyclic) bond motifs is 2. The largest absolute Gasteiger partial charge is 0.454 e. The summed E-state index contributed by atoms with van der Waals surface area (Å²) in [5.41, 5.74) is 1.26. The summed E-state index contributed by atoms with van der Waals surface area (Å²) in [4.78, 5) is 24.9. The second kappa shape index (κ2) is 7.24. The van der Waals surface area contributed by atoms with Crippen molar-refractivity contribution in [2.24, 2.45) is 0 Å². The Morgan fingerprint density at radius 3 is 2.53 bits per heavy atom. The molecule has 0 aliphatic carbocycles. The van der Waals surface area contributed by atoms with Crippen molar-refractivity contribution in [3.05, 3.63) is 87.7 Å². The maximum absolute atomic E-state index is 12.5. The Hall–Kier alpha value is -3.77. The molecule has 0 spiro atoms. The highest BCUT2D eigenvalue weighted by atomic mass is 35.5. The third kappa shape index (κ3) is 3.38. The minimum absolute atomic E-state index is 0.121. The SMILES string of the molecule is O=C(Oc1ccc2cc(-c3ccc(Cl)cc3)c(=O)oc2c1)c1ccc2c(c1)OCO2. The van der Waals surface area contributed by atoms with Crippen molar-refractivity contribution in [1.82, 2.24) is 0 Å². The van der Waals surface area contributed by atoms with Crippen molar-refractivity contribution in [2.75, 3.05) is 6.79 Å². The van der Waals surface area contributed by atoms with Gasteiger partial charge in [-0.25, -0.2) is 9.59 Å². The van der Waals surface area contributed by atoms with Gasteiger partial charge in [0.25, 0.3) is 0 Å². The Morgan fingerprint density at radius 2 is 1.70 bits per heavy atom. The molecule has 2 heterocycles. The van der Waals surface area contributed by atoms with E-state index in [0.717, 1.165) is 0 Å². The van der Waals surface area contributed by atoms with Crippen molar-refractivity contribution < 1.29 is 23.4 Å². The van der Waals surface area contributed by atoms with E-state index < -0.39 is 11.6 Å². The van der Waals surface area contributed by atoms with Crippen molar-refractivity contribution in [1.29, 1.82) is 0 Å². The van der Waals surface area contributed by atoms with Gasteiger partial charge >= 0.3 is 11.6 Å². The van der Waals surface area contributed by atoms with Crippen LogP contribution in [0.2, 0.25) is 5.02 Å². The normalized spacial score (nSPS) is 12.2. The van der Waals surface area contributed by atoms with Gasteiger partial charge in [0, 0.05) is 16.5 Å². The van der Waals surface area contributed by atoms with Gasteiger partial charge in [0.1, 0.15) is 11.3 Å². The predicted molar refractivity (Wildman–Crippen MR) is 110 cm³/mol. The summed E-state index contributed by atoms with van der Waals surface area (Å²) in [5.74, 6) is 0.763. The molecule has 0 saturated heterocycles. The number of carbonyl (C=O) groups is 1. The molecule has 1 aromatic heterocycles. The van der Waals surface area contributed by atoms with Crippen LogP contribution < -0.4 is 19.8 Å². The number of ether oxygens (including phenoxy) is 3. The third-order valence-electron chi connectivity index (χ3n) is 4.68. The molecule has 0 amide bonds. The Balaban J connectivity index is 1.43. The van der Waals surface area contributed by atoms with Crippen LogP contribution in [0.3, 0.4) is 0 Å². The number of halogens is 1. The fourth-order valence-electron chi connectivity index (χ4n) is 3.18. The highest BCUT2D eigenvalue weighted by molar-refractivity contribution is 6.30. The fraction of sp³-hybridized carbons (Fsp3) is 0.0435. The maximum Gasteiger partial charge on any atom is 0.344 e. The van der Waals surface area contributed by atoms with Gasteiger partial charge in [0.2, 0.25) is 6.79 Å². The van der Waals surface area contributed by atoms with E-state index in [2.05, 4.69) is 0 Å². The zero-order chi connectivity index (χ0) is 20.7. The first-order chi connectivity index (χ1) is 14.6. The number of carbonyl (C=O) groups excluding carboxylic acids is 1. The van der Waals surface area contributed by atoms with Crippen molar-refractivity contribution >= 4 is 28.5 Å². The smallest absolute Gasteiger partial charge is 0.344 e. The van der Waals surface area contributed by atoms with E-state index in [0.29, 0.717) is 44.2 Å². The molecule has 1 aliphatic heterocycles. The Bertz CT molecular complexity index is 1340. The second-order valence-electron chi connectivity index (χ2n) is 6.61. The molecule has 0 bridgehead atoms. The summed E-state index contributed by atoms with van der Waals surface area (Å²) in [6.07, 6.45) is 0. The van der Waals surface area contributed by atoms with Gasteiger partial charge in [0.15, 0.2) is 11.5 Å². The zero-order valence-corrected chi connectivity index (χ0v) is 16.1. The molecule has 0 radical (unpaired) electrons. The van der Waals surface area contributed by atoms with Gasteiger partial charge in [-0.05, 0) is 54.1 Å². The molecule has 3 aromatic carbocycles. The average Bonchev–Trinajstić information content (AvgIpc) is 3.22. The molecule has 148 valence electrons. The molecule has 6 nitrogen and oxygen atoms in total. The van der Waals surface area contributed by atoms with Gasteiger partial charge in [0.05, 0.1) is 11.1 Å². The van der Waals surface area contributed by atoms with Crippen LogP contribution in [-0.4, -0.2) is 12.8 Å². The standard InChI is InChI=1S/C23H13ClO6/c24-16-5-1-13(2-6-16)18-9-14-3-7-17(11-20(14)30-23(18)26)29-22(25)15-4-8-19-21(10-15)28-12-27-19/h1-11H,12H2. The average molecular weight is 421 g/mol. The van der Waals surface area contributed by atoms with Gasteiger partial charge < -0.3 is 18.6 Å². The first kappa shape index (κ1) is 18.3. The summed E-state index contributed by atoms with van der Waals surface area (Å²) < 4.78 is 21.4. The van der Waals surface area contributed by atoms with E-state index in [1.54, 1.807) is 60.7 Å². The van der Waals surface area contributed by atoms with Crippen LogP contribution in [0.15, 0.2) is 75.9 Å². The highest BCUT2D eigenvalue weighted by Crippen LogP contribution is 2.33. The summed E-state index contributed by atoms with van der Waals surface area (Å²) in [6, 6.07) is 18.3. The van der Waals surface area contributed by atoms with Crippen LogP contribution in [0.1, 0.15) is 10.4 Å². The van der Waals surface area contributed by atoms with Crippen LogP contribution in [0, 0.1) is 0 Å². The van der Waals surface area contributed by atoms with Crippen molar-refractivity contribution in [3.8, 4) is 28.4 Å². The Kier molecular flexibility index (Phi) is 4.41. The number of rotatable bonds is 3. The number of hydrogen-bond donors (Lipinski definition) is 0. The lowest BCUT2D eigenvalue weighted by Gasteiger charge is -2.07. The van der Waals surface area contributed by atoms with E-state index in [-0.39, 0.29) is 12.5 Å². The first-order valence-corrected chi connectivity index (χ1v) is 9.40. The molecule has 30 heavy (non-hydrogen) atoms. The second-order valence-corrected chi connectivity index (χ2v) is 7.05. The lowest BCUT2D eigenvalue weighted by molar-refractivity contribution is 0.0734. The van der Waals surface area contributed by atoms with Gasteiger partial charge in [-0.15, -0.1) is 0 Å². The van der Waals surface area contributed by atoms with Gasteiger partial charge in [-0.3, -0.25) is 0 Å². The maximum atomic E-state index is 12.5. The molecule has 0 unspecified atom stereocenters. The number of hydrogen-bond acceptors (Lipinski definition) is 6. The summed E-state index contributed by atoms with van der Waals surface area (Å²) in [7, 11) is 0. The quantitative estimate of drug-likeness (QED) is 0.262. The molecule has 7 heteroatoms. The van der Waals surface area contributed by atoms with Gasteiger partial charge in [-0.2, -0.15) is 0 Å². The van der Waals surface area contributed by atoms with E-state index in [1.807, 2.05) is 0 Å². The van der Waals surface area contributed by atoms with Crippen LogP contribution >= 0.6 is 11.6 Å².